The first-order valence-corrected chi connectivity index (χ1v) is 27.3. The van der Waals surface area contributed by atoms with Crippen molar-refractivity contribution in [2.75, 3.05) is 21.4 Å². The first-order valence-electron chi connectivity index (χ1n) is 27.3. The van der Waals surface area contributed by atoms with Gasteiger partial charge in [0.2, 0.25) is 0 Å². The summed E-state index contributed by atoms with van der Waals surface area (Å²) in [6.07, 6.45) is 6.36. The van der Waals surface area contributed by atoms with Crippen molar-refractivity contribution in [3.8, 4) is 50.7 Å². The molecule has 78 heavy (non-hydrogen) atoms. The van der Waals surface area contributed by atoms with Gasteiger partial charge in [-0.05, 0) is 152 Å². The van der Waals surface area contributed by atoms with E-state index >= 15 is 0 Å². The predicted octanol–water partition coefficient (Wildman–Crippen LogP) is 18.8. The number of hydrogen-bond acceptors (Lipinski definition) is 5. The van der Waals surface area contributed by atoms with Gasteiger partial charge in [0.15, 0.2) is 0 Å². The second kappa shape index (κ2) is 17.7. The Morgan fingerprint density at radius 3 is 1.58 bits per heavy atom. The van der Waals surface area contributed by atoms with Gasteiger partial charge in [0.1, 0.15) is 17.3 Å². The highest BCUT2D eigenvalue weighted by molar-refractivity contribution is 6.11. The normalized spacial score (nSPS) is 14.9. The number of pyridine rings is 1. The molecule has 0 fully saturated rings. The van der Waals surface area contributed by atoms with E-state index in [-0.39, 0.29) is 16.2 Å². The van der Waals surface area contributed by atoms with E-state index in [2.05, 4.69) is 286 Å². The minimum Gasteiger partial charge on any atom is -0.457 e. The third-order valence-corrected chi connectivity index (χ3v) is 16.8. The second-order valence-electron chi connectivity index (χ2n) is 23.4. The molecule has 5 heterocycles. The molecular formula is C72H61N5O. The molecule has 0 radical (unpaired) electrons. The first-order chi connectivity index (χ1) is 37.8. The highest BCUT2D eigenvalue weighted by atomic mass is 16.5. The van der Waals surface area contributed by atoms with E-state index in [1.807, 2.05) is 12.3 Å². The van der Waals surface area contributed by atoms with E-state index in [1.54, 1.807) is 0 Å². The molecule has 0 bridgehead atoms. The summed E-state index contributed by atoms with van der Waals surface area (Å²) in [6.45, 7) is 17.0. The van der Waals surface area contributed by atoms with Gasteiger partial charge in [-0.15, -0.1) is 0 Å². The van der Waals surface area contributed by atoms with Crippen molar-refractivity contribution in [1.82, 2.24) is 9.55 Å². The summed E-state index contributed by atoms with van der Waals surface area (Å²) < 4.78 is 9.13. The molecule has 0 atom stereocenters. The lowest BCUT2D eigenvalue weighted by atomic mass is 9.65. The lowest BCUT2D eigenvalue weighted by molar-refractivity contribution is 0.483. The summed E-state index contributed by atoms with van der Waals surface area (Å²) in [4.78, 5) is 12.2. The van der Waals surface area contributed by atoms with Gasteiger partial charge in [-0.1, -0.05) is 164 Å². The molecule has 0 N–H and O–H groups in total. The summed E-state index contributed by atoms with van der Waals surface area (Å²) in [7, 11) is 0. The Balaban J connectivity index is 0.813. The molecule has 0 amide bonds. The molecule has 6 heteroatoms. The van der Waals surface area contributed by atoms with Gasteiger partial charge in [0.05, 0.1) is 34.8 Å². The Kier molecular flexibility index (Phi) is 10.8. The SMILES string of the molecule is CC(C)(C)c1ccnc(-n2c3ccc(-c4ccccc4)cc3c3ccc(Oc4cccc(N5C=CN(c6cc7c8c(c6)C(C)(C)c6cc(-c9ccccc9)ccc6N8c6ccc(-c8ccccc8)cc6C7(C)C)C5)c4)cc32)c1. The second-order valence-corrected chi connectivity index (χ2v) is 23.4. The fourth-order valence-electron chi connectivity index (χ4n) is 12.5. The smallest absolute Gasteiger partial charge is 0.137 e. The summed E-state index contributed by atoms with van der Waals surface area (Å²) in [5, 5.41) is 2.32. The quantitative estimate of drug-likeness (QED) is 0.152. The first kappa shape index (κ1) is 47.3. The largest absolute Gasteiger partial charge is 0.457 e. The molecule has 9 aromatic carbocycles. The average Bonchev–Trinajstić information content (AvgIpc) is 3.50. The number of anilines is 5. The Morgan fingerprint density at radius 1 is 0.436 bits per heavy atom. The van der Waals surface area contributed by atoms with Crippen LogP contribution in [-0.2, 0) is 16.2 Å². The Bertz CT molecular complexity index is 4080. The topological polar surface area (TPSA) is 36.8 Å². The van der Waals surface area contributed by atoms with Crippen molar-refractivity contribution in [2.24, 2.45) is 0 Å². The number of nitrogens with zero attached hydrogens (tertiary/aromatic N) is 5. The third-order valence-electron chi connectivity index (χ3n) is 16.8. The summed E-state index contributed by atoms with van der Waals surface area (Å²) in [5.74, 6) is 2.41. The minimum absolute atomic E-state index is 0.0363. The maximum atomic E-state index is 6.84. The molecule has 6 nitrogen and oxygen atoms in total. The monoisotopic (exact) mass is 1010 g/mol. The van der Waals surface area contributed by atoms with E-state index in [4.69, 9.17) is 9.72 Å². The third kappa shape index (κ3) is 7.72. The molecule has 0 saturated carbocycles. The fraction of sp³-hybridized carbons (Fsp3) is 0.153. The standard InChI is InChI=1S/C72H61N5O/c1-70(2,3)53-34-35-73-68(41-53)76-64-31-26-50(47-18-11-8-12-19-47)38-59(64)58-30-29-57(45-67(58)76)78-56-25-17-24-54(42-56)74-36-37-75(46-74)55-43-62-69-63(44-55)72(6,7)61-40-52(49-22-15-10-16-23-49)28-33-66(61)77(69)65-32-27-51(39-60(65)71(62,4)5)48-20-13-9-14-21-48/h8-45H,46H2,1-7H3. The van der Waals surface area contributed by atoms with Crippen LogP contribution in [0.4, 0.5) is 28.4 Å². The predicted molar refractivity (Wildman–Crippen MR) is 324 cm³/mol. The Labute approximate surface area is 457 Å². The van der Waals surface area contributed by atoms with Crippen molar-refractivity contribution < 1.29 is 4.74 Å². The van der Waals surface area contributed by atoms with E-state index in [9.17, 15) is 0 Å². The van der Waals surface area contributed by atoms with Gasteiger partial charge in [0.25, 0.3) is 0 Å². The van der Waals surface area contributed by atoms with Crippen molar-refractivity contribution in [3.05, 3.63) is 259 Å². The van der Waals surface area contributed by atoms with E-state index in [0.717, 1.165) is 39.4 Å². The molecule has 3 aliphatic rings. The molecular weight excluding hydrogens is 951 g/mol. The molecule has 3 aliphatic heterocycles. The van der Waals surface area contributed by atoms with Gasteiger partial charge in [-0.25, -0.2) is 4.98 Å². The zero-order valence-electron chi connectivity index (χ0n) is 45.3. The molecule has 2 aromatic heterocycles. The Hall–Kier alpha value is -9.13. The van der Waals surface area contributed by atoms with Crippen LogP contribution < -0.4 is 19.4 Å². The summed E-state index contributed by atoms with van der Waals surface area (Å²) in [6, 6.07) is 77.3. The minimum atomic E-state index is -0.307. The van der Waals surface area contributed by atoms with Crippen molar-refractivity contribution in [1.29, 1.82) is 0 Å². The van der Waals surface area contributed by atoms with Crippen LogP contribution in [0.15, 0.2) is 231 Å². The average molecular weight is 1010 g/mol. The van der Waals surface area contributed by atoms with Crippen molar-refractivity contribution in [2.45, 2.75) is 64.7 Å². The molecule has 11 aromatic rings. The van der Waals surface area contributed by atoms with Crippen LogP contribution in [0.5, 0.6) is 11.5 Å². The van der Waals surface area contributed by atoms with E-state index in [1.165, 1.54) is 89.3 Å². The maximum Gasteiger partial charge on any atom is 0.137 e. The highest BCUT2D eigenvalue weighted by Crippen LogP contribution is 2.61. The molecule has 0 saturated heterocycles. The van der Waals surface area contributed by atoms with Gasteiger partial charge in [-0.2, -0.15) is 0 Å². The van der Waals surface area contributed by atoms with Gasteiger partial charge >= 0.3 is 0 Å². The molecule has 14 rings (SSSR count). The van der Waals surface area contributed by atoms with Crippen molar-refractivity contribution >= 4 is 50.2 Å². The van der Waals surface area contributed by atoms with Crippen LogP contribution in [0.2, 0.25) is 0 Å². The van der Waals surface area contributed by atoms with Gasteiger partial charge in [-0.3, -0.25) is 4.57 Å². The lowest BCUT2D eigenvalue weighted by Gasteiger charge is -2.50. The fourth-order valence-corrected chi connectivity index (χ4v) is 12.5. The summed E-state index contributed by atoms with van der Waals surface area (Å²) in [5.41, 5.74) is 21.3. The number of ether oxygens (including phenoxy) is 1. The van der Waals surface area contributed by atoms with E-state index in [0.29, 0.717) is 6.67 Å². The lowest BCUT2D eigenvalue weighted by Crippen LogP contribution is -2.38. The van der Waals surface area contributed by atoms with Crippen LogP contribution in [0.25, 0.3) is 61.0 Å². The molecule has 0 spiro atoms. The Morgan fingerprint density at radius 2 is 0.987 bits per heavy atom. The number of fused-ring (bicyclic) bond motifs is 7. The molecule has 0 unspecified atom stereocenters. The number of rotatable bonds is 8. The molecule has 0 aliphatic carbocycles. The van der Waals surface area contributed by atoms with E-state index < -0.39 is 0 Å². The van der Waals surface area contributed by atoms with Crippen molar-refractivity contribution in [3.63, 3.8) is 0 Å². The highest BCUT2D eigenvalue weighted by Gasteiger charge is 2.46. The van der Waals surface area contributed by atoms with Crippen LogP contribution >= 0.6 is 0 Å². The number of benzene rings is 9. The van der Waals surface area contributed by atoms with Crippen LogP contribution in [0.3, 0.4) is 0 Å². The zero-order chi connectivity index (χ0) is 53.1. The van der Waals surface area contributed by atoms with Gasteiger partial charge in [0, 0.05) is 63.7 Å². The van der Waals surface area contributed by atoms with Crippen LogP contribution in [0, 0.1) is 0 Å². The maximum absolute atomic E-state index is 6.84. The van der Waals surface area contributed by atoms with Crippen LogP contribution in [0.1, 0.15) is 76.3 Å². The van der Waals surface area contributed by atoms with Gasteiger partial charge < -0.3 is 19.4 Å². The number of hydrogen-bond donors (Lipinski definition) is 0. The number of aromatic nitrogens is 2. The zero-order valence-corrected chi connectivity index (χ0v) is 45.3. The molecule has 380 valence electrons. The summed E-state index contributed by atoms with van der Waals surface area (Å²) >= 11 is 0. The van der Waals surface area contributed by atoms with Crippen LogP contribution in [-0.4, -0.2) is 16.2 Å².